The smallest absolute Gasteiger partial charge is 0.357 e. The normalized spacial score (nSPS) is 19.0. The number of fused-ring (bicyclic) bond motifs is 1. The molecule has 37 heavy (non-hydrogen) atoms. The van der Waals surface area contributed by atoms with Crippen molar-refractivity contribution in [1.82, 2.24) is 10.2 Å². The molecule has 8 nitrogen and oxygen atoms in total. The zero-order valence-electron chi connectivity index (χ0n) is 19.4. The van der Waals surface area contributed by atoms with Crippen molar-refractivity contribution in [2.24, 2.45) is 0 Å². The minimum absolute atomic E-state index is 0.0315. The van der Waals surface area contributed by atoms with E-state index in [2.05, 4.69) is 5.32 Å². The second-order valence-electron chi connectivity index (χ2n) is 8.28. The lowest BCUT2D eigenvalue weighted by atomic mass is 10.0. The summed E-state index contributed by atoms with van der Waals surface area (Å²) in [5, 5.41) is 2.20. The Hall–Kier alpha value is -2.72. The van der Waals surface area contributed by atoms with Crippen LogP contribution < -0.4 is 10.1 Å². The molecule has 1 unspecified atom stereocenters. The van der Waals surface area contributed by atoms with Crippen LogP contribution in [0, 0.1) is 0 Å². The number of rotatable bonds is 8. The molecule has 1 N–H and O–H groups in total. The Morgan fingerprint density at radius 1 is 1.08 bits per heavy atom. The molecule has 2 aromatic rings. The fraction of sp³-hybridized carbons (Fsp3) is 0.280. The van der Waals surface area contributed by atoms with Gasteiger partial charge in [0, 0.05) is 5.75 Å². The minimum atomic E-state index is -1.94. The number of hydrogen-bond donors (Lipinski definition) is 1. The van der Waals surface area contributed by atoms with Crippen LogP contribution in [0.3, 0.4) is 0 Å². The maximum absolute atomic E-state index is 12.9. The Balaban J connectivity index is 1.42. The average molecular weight is 584 g/mol. The molecular formula is C25H21Cl3N2O6S. The van der Waals surface area contributed by atoms with Crippen molar-refractivity contribution in [3.63, 3.8) is 0 Å². The highest BCUT2D eigenvalue weighted by molar-refractivity contribution is 8.00. The van der Waals surface area contributed by atoms with Crippen LogP contribution in [0.2, 0.25) is 0 Å². The van der Waals surface area contributed by atoms with Gasteiger partial charge in [0.2, 0.25) is 5.91 Å². The van der Waals surface area contributed by atoms with Crippen molar-refractivity contribution in [2.45, 2.75) is 29.3 Å². The average Bonchev–Trinajstić information content (AvgIpc) is 2.87. The molecule has 0 aliphatic carbocycles. The molecule has 194 valence electrons. The maximum atomic E-state index is 12.9. The first-order valence-corrected chi connectivity index (χ1v) is 13.4. The summed E-state index contributed by atoms with van der Waals surface area (Å²) >= 11 is 18.7. The van der Waals surface area contributed by atoms with Gasteiger partial charge in [0.25, 0.3) is 10.4 Å². The van der Waals surface area contributed by atoms with E-state index in [4.69, 9.17) is 44.3 Å². The molecule has 2 amide bonds. The van der Waals surface area contributed by atoms with Gasteiger partial charge in [-0.25, -0.2) is 9.59 Å². The topological polar surface area (TPSA) is 102 Å². The number of β-lactam (4-membered cyclic amide) rings is 1. The molecule has 0 aromatic heterocycles. The van der Waals surface area contributed by atoms with E-state index in [0.717, 1.165) is 0 Å². The van der Waals surface area contributed by atoms with Crippen LogP contribution in [0.25, 0.3) is 0 Å². The molecule has 0 bridgehead atoms. The molecule has 2 aliphatic heterocycles. The first kappa shape index (κ1) is 27.3. The summed E-state index contributed by atoms with van der Waals surface area (Å²) < 4.78 is 8.50. The van der Waals surface area contributed by atoms with E-state index in [1.54, 1.807) is 61.5 Å². The predicted molar refractivity (Wildman–Crippen MR) is 141 cm³/mol. The summed E-state index contributed by atoms with van der Waals surface area (Å²) in [5.41, 5.74) is 1.32. The highest BCUT2D eigenvalue weighted by Crippen LogP contribution is 2.41. The van der Waals surface area contributed by atoms with E-state index in [1.807, 2.05) is 0 Å². The van der Waals surface area contributed by atoms with E-state index in [9.17, 15) is 19.2 Å². The van der Waals surface area contributed by atoms with E-state index in [0.29, 0.717) is 22.6 Å². The van der Waals surface area contributed by atoms with Crippen LogP contribution >= 0.6 is 46.6 Å². The standard InChI is InChI=1S/C25H21Cl3N2O6S/c1-14-12-37-22-19(21(32)30(22)20(14)24(34)36-25(27,28)13-26)29-18(31)11-15-7-5-6-10-17(15)23(33)35-16-8-3-2-4-9-16/h2-10,19,22H,11-13H2,1H3,(H,29,31)/t19?,22-/m1/s1. The fourth-order valence-corrected chi connectivity index (χ4v) is 5.38. The van der Waals surface area contributed by atoms with Gasteiger partial charge in [-0.05, 0) is 36.3 Å². The molecule has 0 spiro atoms. The molecule has 1 fully saturated rings. The Morgan fingerprint density at radius 2 is 1.76 bits per heavy atom. The van der Waals surface area contributed by atoms with Crippen LogP contribution in [0.15, 0.2) is 65.9 Å². The van der Waals surface area contributed by atoms with Gasteiger partial charge < -0.3 is 14.8 Å². The van der Waals surface area contributed by atoms with E-state index in [-0.39, 0.29) is 23.6 Å². The number of nitrogens with one attached hydrogen (secondary N) is 1. The largest absolute Gasteiger partial charge is 0.423 e. The summed E-state index contributed by atoms with van der Waals surface area (Å²) in [5.74, 6) is -1.97. The zero-order valence-corrected chi connectivity index (χ0v) is 22.5. The lowest BCUT2D eigenvalue weighted by molar-refractivity contribution is -0.154. The quantitative estimate of drug-likeness (QED) is 0.217. The number of amides is 2. The summed E-state index contributed by atoms with van der Waals surface area (Å²) in [6.45, 7) is 1.69. The van der Waals surface area contributed by atoms with Crippen molar-refractivity contribution in [2.75, 3.05) is 11.6 Å². The second kappa shape index (κ2) is 11.3. The van der Waals surface area contributed by atoms with Crippen LogP contribution in [0.5, 0.6) is 5.75 Å². The third-order valence-corrected chi connectivity index (χ3v) is 8.10. The van der Waals surface area contributed by atoms with Crippen molar-refractivity contribution in [1.29, 1.82) is 0 Å². The lowest BCUT2D eigenvalue weighted by Crippen LogP contribution is -2.70. The van der Waals surface area contributed by atoms with E-state index < -0.39 is 39.7 Å². The number of benzene rings is 2. The Labute approximate surface area is 232 Å². The van der Waals surface area contributed by atoms with Gasteiger partial charge >= 0.3 is 11.9 Å². The number of halogens is 3. The molecule has 1 saturated heterocycles. The molecule has 0 radical (unpaired) electrons. The SMILES string of the molecule is CC1=C(C(=O)OC(Cl)(Cl)CCl)N2C(=O)C(NC(=O)Cc3ccccc3C(=O)Oc3ccccc3)[C@H]2SC1. The number of hydrogen-bond acceptors (Lipinski definition) is 7. The number of esters is 2. The monoisotopic (exact) mass is 582 g/mol. The summed E-state index contributed by atoms with van der Waals surface area (Å²) in [6.07, 6.45) is -0.151. The Morgan fingerprint density at radius 3 is 2.46 bits per heavy atom. The zero-order chi connectivity index (χ0) is 26.7. The van der Waals surface area contributed by atoms with Gasteiger partial charge in [-0.1, -0.05) is 59.6 Å². The van der Waals surface area contributed by atoms with E-state index >= 15 is 0 Å². The number of carbonyl (C=O) groups excluding carboxylic acids is 4. The second-order valence-corrected chi connectivity index (χ2v) is 11.1. The Bertz CT molecular complexity index is 1270. The molecule has 2 aliphatic rings. The van der Waals surface area contributed by atoms with Gasteiger partial charge in [-0.3, -0.25) is 14.5 Å². The first-order chi connectivity index (χ1) is 17.6. The third kappa shape index (κ3) is 6.06. The number of thioether (sulfide) groups is 1. The molecule has 4 rings (SSSR count). The van der Waals surface area contributed by atoms with E-state index in [1.165, 1.54) is 16.7 Å². The van der Waals surface area contributed by atoms with Gasteiger partial charge in [-0.15, -0.1) is 23.4 Å². The van der Waals surface area contributed by atoms with Crippen molar-refractivity contribution < 1.29 is 28.7 Å². The van der Waals surface area contributed by atoms with Crippen LogP contribution in [0.4, 0.5) is 0 Å². The number of ether oxygens (including phenoxy) is 2. The van der Waals surface area contributed by atoms with Crippen LogP contribution in [0.1, 0.15) is 22.8 Å². The molecular weight excluding hydrogens is 563 g/mol. The summed E-state index contributed by atoms with van der Waals surface area (Å²) in [4.78, 5) is 52.5. The Kier molecular flexibility index (Phi) is 8.38. The highest BCUT2D eigenvalue weighted by atomic mass is 35.5. The number of nitrogens with zero attached hydrogens (tertiary/aromatic N) is 1. The van der Waals surface area contributed by atoms with Crippen molar-refractivity contribution in [3.05, 3.63) is 77.0 Å². The van der Waals surface area contributed by atoms with Gasteiger partial charge in [0.1, 0.15) is 22.9 Å². The minimum Gasteiger partial charge on any atom is -0.423 e. The summed E-state index contributed by atoms with van der Waals surface area (Å²) in [6, 6.07) is 14.3. The number of alkyl halides is 3. The molecule has 12 heteroatoms. The van der Waals surface area contributed by atoms with Crippen molar-refractivity contribution in [3.8, 4) is 5.75 Å². The fourth-order valence-electron chi connectivity index (χ4n) is 3.90. The molecule has 2 heterocycles. The third-order valence-electron chi connectivity index (χ3n) is 5.61. The highest BCUT2D eigenvalue weighted by Gasteiger charge is 2.54. The molecule has 2 aromatic carbocycles. The number of carbonyl (C=O) groups is 4. The van der Waals surface area contributed by atoms with Gasteiger partial charge in [0.15, 0.2) is 0 Å². The predicted octanol–water partition coefficient (Wildman–Crippen LogP) is 4.04. The van der Waals surface area contributed by atoms with Crippen LogP contribution in [-0.2, 0) is 25.5 Å². The van der Waals surface area contributed by atoms with Gasteiger partial charge in [-0.2, -0.15) is 0 Å². The summed E-state index contributed by atoms with van der Waals surface area (Å²) in [7, 11) is 0. The van der Waals surface area contributed by atoms with Crippen LogP contribution in [-0.4, -0.2) is 56.2 Å². The van der Waals surface area contributed by atoms with Crippen molar-refractivity contribution >= 4 is 70.3 Å². The molecule has 2 atom stereocenters. The number of para-hydroxylation sites is 1. The molecule has 0 saturated carbocycles. The van der Waals surface area contributed by atoms with Gasteiger partial charge in [0.05, 0.1) is 17.9 Å². The lowest BCUT2D eigenvalue weighted by Gasteiger charge is -2.49. The maximum Gasteiger partial charge on any atom is 0.357 e. The first-order valence-electron chi connectivity index (χ1n) is 11.1.